The van der Waals surface area contributed by atoms with E-state index < -0.39 is 16.3 Å². The summed E-state index contributed by atoms with van der Waals surface area (Å²) in [6.45, 7) is 0. The molecular formula is C7H8N2O4S. The van der Waals surface area contributed by atoms with Crippen LogP contribution >= 0.6 is 0 Å². The normalized spacial score (nSPS) is 10.9. The van der Waals surface area contributed by atoms with E-state index in [4.69, 9.17) is 10.2 Å². The van der Waals surface area contributed by atoms with Crippen LogP contribution in [0.5, 0.6) is 0 Å². The first-order valence-electron chi connectivity index (χ1n) is 3.54. The Labute approximate surface area is 80.7 Å². The minimum atomic E-state index is -4.28. The van der Waals surface area contributed by atoms with Crippen LogP contribution in [-0.4, -0.2) is 19.6 Å². The lowest BCUT2D eigenvalue weighted by molar-refractivity contribution is 0.206. The van der Waals surface area contributed by atoms with Gasteiger partial charge in [-0.1, -0.05) is 18.2 Å². The molecule has 0 heterocycles. The van der Waals surface area contributed by atoms with Crippen LogP contribution in [0.4, 0.5) is 10.5 Å². The largest absolute Gasteiger partial charge is 0.464 e. The predicted octanol–water partition coefficient (Wildman–Crippen LogP) is 0.374. The summed E-state index contributed by atoms with van der Waals surface area (Å²) < 4.78 is 21.9. The van der Waals surface area contributed by atoms with Crippen LogP contribution in [0.1, 0.15) is 0 Å². The second-order valence-electron chi connectivity index (χ2n) is 2.43. The molecule has 0 saturated carbocycles. The van der Waals surface area contributed by atoms with Crippen LogP contribution in [-0.2, 0) is 10.2 Å². The second kappa shape index (κ2) is 3.64. The summed E-state index contributed by atoms with van der Waals surface area (Å²) in [7, 11) is -4.28. The molecule has 1 aromatic carbocycles. The zero-order valence-electron chi connectivity index (χ0n) is 6.99. The van der Waals surface area contributed by atoms with Gasteiger partial charge >= 0.3 is 16.3 Å². The average molecular weight is 216 g/mol. The molecule has 3 N–H and O–H groups in total. The van der Waals surface area contributed by atoms with Crippen molar-refractivity contribution in [2.75, 3.05) is 4.31 Å². The zero-order valence-corrected chi connectivity index (χ0v) is 7.81. The third kappa shape index (κ3) is 2.21. The highest BCUT2D eigenvalue weighted by Gasteiger charge is 2.24. The fraction of sp³-hybridized carbons (Fsp3) is 0. The number of nitrogens with zero attached hydrogens (tertiary/aromatic N) is 1. The molecule has 1 aromatic rings. The molecule has 0 aromatic heterocycles. The smallest absolute Gasteiger partial charge is 0.426 e. The molecule has 0 spiro atoms. The molecule has 0 saturated heterocycles. The number of rotatable bonds is 2. The van der Waals surface area contributed by atoms with Gasteiger partial charge in [-0.15, -0.1) is 0 Å². The van der Waals surface area contributed by atoms with Crippen molar-refractivity contribution in [3.05, 3.63) is 30.3 Å². The van der Waals surface area contributed by atoms with Crippen molar-refractivity contribution in [2.45, 2.75) is 0 Å². The third-order valence-electron chi connectivity index (χ3n) is 1.42. The van der Waals surface area contributed by atoms with E-state index in [-0.39, 0.29) is 9.99 Å². The highest BCUT2D eigenvalue weighted by atomic mass is 32.2. The molecule has 0 atom stereocenters. The first-order chi connectivity index (χ1) is 6.43. The standard InChI is InChI=1S/C7H8N2O4S/c8-14(12,13)9(7(10)11)6-4-2-1-3-5-6/h1-5H,(H,10,11)(H2,8,12,13). The lowest BCUT2D eigenvalue weighted by Gasteiger charge is -2.15. The summed E-state index contributed by atoms with van der Waals surface area (Å²) in [4.78, 5) is 10.6. The average Bonchev–Trinajstić information content (AvgIpc) is 2.02. The third-order valence-corrected chi connectivity index (χ3v) is 2.29. The zero-order chi connectivity index (χ0) is 10.8. The molecule has 0 fully saturated rings. The van der Waals surface area contributed by atoms with Crippen molar-refractivity contribution in [3.8, 4) is 0 Å². The fourth-order valence-electron chi connectivity index (χ4n) is 0.930. The van der Waals surface area contributed by atoms with Crippen molar-refractivity contribution in [1.29, 1.82) is 0 Å². The molecule has 14 heavy (non-hydrogen) atoms. The Balaban J connectivity index is 3.22. The molecule has 0 aliphatic rings. The van der Waals surface area contributed by atoms with Crippen LogP contribution in [0.15, 0.2) is 30.3 Å². The number of benzene rings is 1. The lowest BCUT2D eigenvalue weighted by Crippen LogP contribution is -2.40. The molecule has 7 heteroatoms. The van der Waals surface area contributed by atoms with E-state index in [1.165, 1.54) is 24.3 Å². The van der Waals surface area contributed by atoms with Gasteiger partial charge in [0.1, 0.15) is 0 Å². The van der Waals surface area contributed by atoms with Gasteiger partial charge in [0.05, 0.1) is 5.69 Å². The van der Waals surface area contributed by atoms with Gasteiger partial charge in [0.2, 0.25) is 0 Å². The Kier molecular flexibility index (Phi) is 2.73. The molecule has 0 aliphatic heterocycles. The molecule has 1 amide bonds. The Bertz CT molecular complexity index is 428. The Morgan fingerprint density at radius 3 is 2.14 bits per heavy atom. The lowest BCUT2D eigenvalue weighted by atomic mass is 10.3. The number of para-hydroxylation sites is 1. The summed E-state index contributed by atoms with van der Waals surface area (Å²) in [5, 5.41) is 13.4. The Hall–Kier alpha value is -1.60. The number of hydrogen-bond acceptors (Lipinski definition) is 3. The summed E-state index contributed by atoms with van der Waals surface area (Å²) >= 11 is 0. The molecule has 6 nitrogen and oxygen atoms in total. The van der Waals surface area contributed by atoms with E-state index in [0.717, 1.165) is 0 Å². The van der Waals surface area contributed by atoms with E-state index in [1.807, 2.05) is 0 Å². The molecular weight excluding hydrogens is 208 g/mol. The first kappa shape index (κ1) is 10.5. The van der Waals surface area contributed by atoms with E-state index in [9.17, 15) is 13.2 Å². The summed E-state index contributed by atoms with van der Waals surface area (Å²) in [6, 6.07) is 7.32. The summed E-state index contributed by atoms with van der Waals surface area (Å²) in [5.74, 6) is 0. The van der Waals surface area contributed by atoms with Gasteiger partial charge in [0.25, 0.3) is 0 Å². The van der Waals surface area contributed by atoms with E-state index in [0.29, 0.717) is 0 Å². The van der Waals surface area contributed by atoms with E-state index >= 15 is 0 Å². The topological polar surface area (TPSA) is 101 Å². The van der Waals surface area contributed by atoms with Crippen LogP contribution < -0.4 is 9.44 Å². The molecule has 0 unspecified atom stereocenters. The van der Waals surface area contributed by atoms with Gasteiger partial charge in [-0.25, -0.2) is 9.93 Å². The van der Waals surface area contributed by atoms with Gasteiger partial charge in [-0.2, -0.15) is 12.7 Å². The van der Waals surface area contributed by atoms with Crippen LogP contribution in [0.25, 0.3) is 0 Å². The summed E-state index contributed by atoms with van der Waals surface area (Å²) in [6.07, 6.45) is -1.64. The molecule has 1 rings (SSSR count). The molecule has 0 radical (unpaired) electrons. The minimum absolute atomic E-state index is 0.0116. The van der Waals surface area contributed by atoms with E-state index in [2.05, 4.69) is 0 Å². The number of anilines is 1. The Morgan fingerprint density at radius 2 is 1.79 bits per heavy atom. The summed E-state index contributed by atoms with van der Waals surface area (Å²) in [5.41, 5.74) is -0.0116. The van der Waals surface area contributed by atoms with Crippen molar-refractivity contribution in [2.24, 2.45) is 5.14 Å². The Morgan fingerprint density at radius 1 is 1.29 bits per heavy atom. The maximum atomic E-state index is 10.9. The van der Waals surface area contributed by atoms with Gasteiger partial charge in [0.15, 0.2) is 0 Å². The molecule has 76 valence electrons. The number of carbonyl (C=O) groups is 1. The van der Waals surface area contributed by atoms with Gasteiger partial charge < -0.3 is 5.11 Å². The number of amides is 1. The second-order valence-corrected chi connectivity index (χ2v) is 3.82. The number of hydrogen-bond donors (Lipinski definition) is 2. The monoisotopic (exact) mass is 216 g/mol. The quantitative estimate of drug-likeness (QED) is 0.745. The van der Waals surface area contributed by atoms with Gasteiger partial charge in [-0.05, 0) is 12.1 Å². The van der Waals surface area contributed by atoms with Gasteiger partial charge in [0, 0.05) is 0 Å². The minimum Gasteiger partial charge on any atom is -0.464 e. The van der Waals surface area contributed by atoms with Crippen LogP contribution in [0.2, 0.25) is 0 Å². The predicted molar refractivity (Wildman–Crippen MR) is 50.1 cm³/mol. The highest BCUT2D eigenvalue weighted by Crippen LogP contribution is 2.15. The molecule has 0 aliphatic carbocycles. The van der Waals surface area contributed by atoms with E-state index in [1.54, 1.807) is 6.07 Å². The van der Waals surface area contributed by atoms with Crippen molar-refractivity contribution in [3.63, 3.8) is 0 Å². The maximum Gasteiger partial charge on any atom is 0.426 e. The van der Waals surface area contributed by atoms with Crippen molar-refractivity contribution in [1.82, 2.24) is 0 Å². The fourth-order valence-corrected chi connectivity index (χ4v) is 1.56. The highest BCUT2D eigenvalue weighted by molar-refractivity contribution is 7.91. The first-order valence-corrected chi connectivity index (χ1v) is 5.04. The number of nitrogens with two attached hydrogens (primary N) is 1. The van der Waals surface area contributed by atoms with Crippen LogP contribution in [0, 0.1) is 0 Å². The van der Waals surface area contributed by atoms with Gasteiger partial charge in [-0.3, -0.25) is 0 Å². The maximum absolute atomic E-state index is 10.9. The molecule has 0 bridgehead atoms. The van der Waals surface area contributed by atoms with Crippen molar-refractivity contribution >= 4 is 22.0 Å². The SMILES string of the molecule is NS(=O)(=O)N(C(=O)O)c1ccccc1. The number of carboxylic acid groups (broad SMARTS) is 1. The van der Waals surface area contributed by atoms with Crippen LogP contribution in [0.3, 0.4) is 0 Å². The van der Waals surface area contributed by atoms with Crippen molar-refractivity contribution < 1.29 is 18.3 Å².